The van der Waals surface area contributed by atoms with Crippen molar-refractivity contribution >= 4 is 27.7 Å². The molecule has 0 amide bonds. The van der Waals surface area contributed by atoms with Crippen LogP contribution in [0.3, 0.4) is 0 Å². The van der Waals surface area contributed by atoms with E-state index in [-0.39, 0.29) is 5.92 Å². The molecular weight excluding hydrogens is 430 g/mol. The Labute approximate surface area is 179 Å². The molecule has 2 unspecified atom stereocenters. The van der Waals surface area contributed by atoms with Gasteiger partial charge in [-0.1, -0.05) is 64.5 Å². The van der Waals surface area contributed by atoms with Gasteiger partial charge in [0.2, 0.25) is 0 Å². The van der Waals surface area contributed by atoms with Crippen molar-refractivity contribution < 1.29 is 5.11 Å². The van der Waals surface area contributed by atoms with Gasteiger partial charge in [-0.3, -0.25) is 0 Å². The first kappa shape index (κ1) is 19.7. The fraction of sp³-hybridized carbons (Fsp3) is 0.250. The maximum Gasteiger partial charge on any atom is 0.0899 e. The molecule has 0 fully saturated rings. The molecular formula is C24H24BrNOS. The number of hydrogen-bond acceptors (Lipinski definition) is 3. The molecule has 1 N–H and O–H groups in total. The first-order valence-corrected chi connectivity index (χ1v) is 11.2. The van der Waals surface area contributed by atoms with Gasteiger partial charge in [-0.25, -0.2) is 0 Å². The van der Waals surface area contributed by atoms with Gasteiger partial charge in [0, 0.05) is 27.6 Å². The minimum atomic E-state index is -0.596. The Kier molecular flexibility index (Phi) is 5.93. The van der Waals surface area contributed by atoms with E-state index in [1.54, 1.807) is 0 Å². The summed E-state index contributed by atoms with van der Waals surface area (Å²) >= 11 is 5.47. The number of aliphatic hydroxyl groups excluding tert-OH is 1. The molecule has 28 heavy (non-hydrogen) atoms. The summed E-state index contributed by atoms with van der Waals surface area (Å²) in [5.41, 5.74) is 5.92. The molecule has 0 aliphatic carbocycles. The molecule has 3 aromatic carbocycles. The Morgan fingerprint density at radius 1 is 1.04 bits per heavy atom. The zero-order chi connectivity index (χ0) is 19.7. The highest BCUT2D eigenvalue weighted by Gasteiger charge is 2.30. The number of aliphatic hydroxyl groups is 1. The molecule has 3 aromatic rings. The Morgan fingerprint density at radius 3 is 2.54 bits per heavy atom. The summed E-state index contributed by atoms with van der Waals surface area (Å²) in [5, 5.41) is 11.5. The van der Waals surface area contributed by atoms with Crippen molar-refractivity contribution in [2.75, 3.05) is 14.1 Å². The summed E-state index contributed by atoms with van der Waals surface area (Å²) in [5.74, 6) is 0.842. The molecule has 0 radical (unpaired) electrons. The van der Waals surface area contributed by atoms with E-state index in [1.165, 1.54) is 27.1 Å². The van der Waals surface area contributed by atoms with Crippen molar-refractivity contribution in [2.24, 2.45) is 0 Å². The second-order valence-corrected chi connectivity index (χ2v) is 9.50. The molecule has 2 nitrogen and oxygen atoms in total. The predicted molar refractivity (Wildman–Crippen MR) is 121 cm³/mol. The SMILES string of the molecule is CN(C)Cc1ccc(C(O)C2c3ccccc3CSc3ccc(Br)cc32)cc1. The molecule has 0 spiro atoms. The predicted octanol–water partition coefficient (Wildman–Crippen LogP) is 5.98. The Bertz CT molecular complexity index is 971. The van der Waals surface area contributed by atoms with E-state index < -0.39 is 6.10 Å². The first-order valence-electron chi connectivity index (χ1n) is 9.44. The lowest BCUT2D eigenvalue weighted by atomic mass is 9.81. The highest BCUT2D eigenvalue weighted by Crippen LogP contribution is 2.46. The summed E-state index contributed by atoms with van der Waals surface area (Å²) in [6, 6.07) is 23.3. The minimum absolute atomic E-state index is 0.0848. The van der Waals surface area contributed by atoms with Crippen LogP contribution in [-0.4, -0.2) is 24.1 Å². The molecule has 0 aromatic heterocycles. The smallest absolute Gasteiger partial charge is 0.0899 e. The van der Waals surface area contributed by atoms with E-state index in [9.17, 15) is 5.11 Å². The molecule has 1 heterocycles. The topological polar surface area (TPSA) is 23.5 Å². The number of fused-ring (bicyclic) bond motifs is 2. The molecule has 4 heteroatoms. The van der Waals surface area contributed by atoms with Gasteiger partial charge < -0.3 is 10.0 Å². The molecule has 0 saturated heterocycles. The van der Waals surface area contributed by atoms with E-state index >= 15 is 0 Å². The molecule has 4 rings (SSSR count). The molecule has 1 aliphatic rings. The summed E-state index contributed by atoms with van der Waals surface area (Å²) in [6.07, 6.45) is -0.596. The monoisotopic (exact) mass is 453 g/mol. The number of benzene rings is 3. The third-order valence-corrected chi connectivity index (χ3v) is 6.85. The van der Waals surface area contributed by atoms with E-state index in [4.69, 9.17) is 0 Å². The first-order chi connectivity index (χ1) is 13.5. The van der Waals surface area contributed by atoms with Crippen molar-refractivity contribution in [1.29, 1.82) is 0 Å². The van der Waals surface area contributed by atoms with Crippen LogP contribution in [0.2, 0.25) is 0 Å². The van der Waals surface area contributed by atoms with Crippen LogP contribution in [0.15, 0.2) is 76.1 Å². The van der Waals surface area contributed by atoms with E-state index in [0.29, 0.717) is 0 Å². The van der Waals surface area contributed by atoms with Crippen molar-refractivity contribution in [3.05, 3.63) is 99.0 Å². The molecule has 2 atom stereocenters. The van der Waals surface area contributed by atoms with Crippen LogP contribution in [0.5, 0.6) is 0 Å². The molecule has 0 saturated carbocycles. The maximum absolute atomic E-state index is 11.5. The Hall–Kier alpha value is -1.59. The van der Waals surface area contributed by atoms with E-state index in [1.807, 2.05) is 11.8 Å². The summed E-state index contributed by atoms with van der Waals surface area (Å²) in [4.78, 5) is 3.39. The summed E-state index contributed by atoms with van der Waals surface area (Å²) < 4.78 is 1.05. The molecule has 1 aliphatic heterocycles. The summed E-state index contributed by atoms with van der Waals surface area (Å²) in [7, 11) is 4.13. The van der Waals surface area contributed by atoms with Gasteiger partial charge >= 0.3 is 0 Å². The zero-order valence-corrected chi connectivity index (χ0v) is 18.5. The second kappa shape index (κ2) is 8.42. The third kappa shape index (κ3) is 4.06. The minimum Gasteiger partial charge on any atom is -0.387 e. The van der Waals surface area contributed by atoms with Gasteiger partial charge in [0.25, 0.3) is 0 Å². The normalized spacial score (nSPS) is 17.0. The average Bonchev–Trinajstić information content (AvgIpc) is 2.84. The van der Waals surface area contributed by atoms with Gasteiger partial charge in [-0.05, 0) is 60.1 Å². The van der Waals surface area contributed by atoms with Crippen molar-refractivity contribution in [2.45, 2.75) is 29.2 Å². The largest absolute Gasteiger partial charge is 0.387 e. The van der Waals surface area contributed by atoms with Crippen LogP contribution in [0.4, 0.5) is 0 Å². The quantitative estimate of drug-likeness (QED) is 0.525. The van der Waals surface area contributed by atoms with E-state index in [2.05, 4.69) is 102 Å². The Morgan fingerprint density at radius 2 is 1.79 bits per heavy atom. The van der Waals surface area contributed by atoms with Crippen LogP contribution in [0.1, 0.15) is 39.8 Å². The summed E-state index contributed by atoms with van der Waals surface area (Å²) in [6.45, 7) is 0.898. The van der Waals surface area contributed by atoms with Gasteiger partial charge in [0.1, 0.15) is 0 Å². The zero-order valence-electron chi connectivity index (χ0n) is 16.1. The van der Waals surface area contributed by atoms with Crippen LogP contribution in [0.25, 0.3) is 0 Å². The van der Waals surface area contributed by atoms with E-state index in [0.717, 1.165) is 22.3 Å². The lowest BCUT2D eigenvalue weighted by molar-refractivity contribution is 0.158. The molecule has 144 valence electrons. The molecule has 0 bridgehead atoms. The highest BCUT2D eigenvalue weighted by atomic mass is 79.9. The van der Waals surface area contributed by atoms with Gasteiger partial charge in [-0.2, -0.15) is 0 Å². The van der Waals surface area contributed by atoms with Crippen LogP contribution >= 0.6 is 27.7 Å². The Balaban J connectivity index is 1.78. The number of halogens is 1. The third-order valence-electron chi connectivity index (χ3n) is 5.22. The lowest BCUT2D eigenvalue weighted by Gasteiger charge is -2.26. The van der Waals surface area contributed by atoms with Crippen molar-refractivity contribution in [3.63, 3.8) is 0 Å². The fourth-order valence-electron chi connectivity index (χ4n) is 3.90. The van der Waals surface area contributed by atoms with Gasteiger partial charge in [0.05, 0.1) is 6.10 Å². The van der Waals surface area contributed by atoms with Crippen molar-refractivity contribution in [3.8, 4) is 0 Å². The number of hydrogen-bond donors (Lipinski definition) is 1. The van der Waals surface area contributed by atoms with Crippen LogP contribution < -0.4 is 0 Å². The maximum atomic E-state index is 11.5. The van der Waals surface area contributed by atoms with Gasteiger partial charge in [0.15, 0.2) is 0 Å². The number of nitrogens with zero attached hydrogens (tertiary/aromatic N) is 1. The van der Waals surface area contributed by atoms with Crippen LogP contribution in [0, 0.1) is 0 Å². The second-order valence-electron chi connectivity index (χ2n) is 7.57. The number of thioether (sulfide) groups is 1. The number of rotatable bonds is 4. The average molecular weight is 454 g/mol. The fourth-order valence-corrected chi connectivity index (χ4v) is 5.37. The lowest BCUT2D eigenvalue weighted by Crippen LogP contribution is -2.14. The van der Waals surface area contributed by atoms with Gasteiger partial charge in [-0.15, -0.1) is 11.8 Å². The van der Waals surface area contributed by atoms with Crippen LogP contribution in [-0.2, 0) is 12.3 Å². The standard InChI is InChI=1S/C24H24BrNOS/c1-26(2)14-16-7-9-17(10-8-16)24(27)23-20-6-4-3-5-18(20)15-28-22-12-11-19(25)13-21(22)23/h3-13,23-24,27H,14-15H2,1-2H3. The van der Waals surface area contributed by atoms with Crippen molar-refractivity contribution in [1.82, 2.24) is 4.90 Å². The highest BCUT2D eigenvalue weighted by molar-refractivity contribution is 9.10.